The number of benzene rings is 10. The van der Waals surface area contributed by atoms with E-state index in [1.54, 1.807) is 0 Å². The Morgan fingerprint density at radius 3 is 1.42 bits per heavy atom. The molecule has 11 rings (SSSR count). The average Bonchev–Trinajstić information content (AvgIpc) is 3.63. The van der Waals surface area contributed by atoms with Gasteiger partial charge >= 0.3 is 0 Å². The summed E-state index contributed by atoms with van der Waals surface area (Å²) in [6, 6.07) is 85.4. The number of fused-ring (bicyclic) bond motifs is 6. The lowest BCUT2D eigenvalue weighted by Gasteiger charge is -2.29. The zero-order valence-corrected chi connectivity index (χ0v) is 32.4. The quantitative estimate of drug-likeness (QED) is 0.143. The number of rotatable bonds is 8. The molecule has 0 saturated heterocycles. The molecule has 0 atom stereocenters. The van der Waals surface area contributed by atoms with E-state index in [4.69, 9.17) is 0 Å². The summed E-state index contributed by atoms with van der Waals surface area (Å²) in [7, 11) is 0. The second kappa shape index (κ2) is 14.6. The molecular formula is C56H39N3. The summed E-state index contributed by atoms with van der Waals surface area (Å²) in [4.78, 5) is 4.72. The molecular weight excluding hydrogens is 715 g/mol. The smallest absolute Gasteiger partial charge is 0.0547 e. The maximum Gasteiger partial charge on any atom is 0.0547 e. The fraction of sp³-hybridized carbons (Fsp3) is 0. The third-order valence-corrected chi connectivity index (χ3v) is 11.5. The Labute approximate surface area is 343 Å². The molecule has 59 heavy (non-hydrogen) atoms. The SMILES string of the molecule is c1ccc(-c2ccc(N(c3cccc(N(c4ccccc4)c4ccccc4)c3)c3ccc4ccc5cc6c7ccccc7n(-c7ccccc7)c6cc5c4c3)cc2)cc1. The maximum atomic E-state index is 2.41. The summed E-state index contributed by atoms with van der Waals surface area (Å²) in [6.07, 6.45) is 0. The summed E-state index contributed by atoms with van der Waals surface area (Å²) < 4.78 is 2.41. The average molecular weight is 754 g/mol. The minimum absolute atomic E-state index is 1.07. The molecule has 278 valence electrons. The van der Waals surface area contributed by atoms with Crippen LogP contribution in [-0.2, 0) is 0 Å². The summed E-state index contributed by atoms with van der Waals surface area (Å²) in [5.41, 5.74) is 12.5. The van der Waals surface area contributed by atoms with E-state index in [-0.39, 0.29) is 0 Å². The fourth-order valence-corrected chi connectivity index (χ4v) is 8.75. The van der Waals surface area contributed by atoms with E-state index in [9.17, 15) is 0 Å². The summed E-state index contributed by atoms with van der Waals surface area (Å²) in [5, 5.41) is 7.38. The van der Waals surface area contributed by atoms with Gasteiger partial charge in [-0.1, -0.05) is 140 Å². The standard InChI is InChI=1S/C56H39N3/c1-5-16-40(17-6-1)41-30-33-47(34-31-41)58(49-25-15-24-48(37-49)57(44-18-7-2-8-19-44)45-20-9-3-10-21-45)50-35-32-42-28-29-43-36-54-51-26-13-14-27-55(51)59(46-22-11-4-12-23-46)56(54)39-53(43)52(42)38-50/h1-39H. The van der Waals surface area contributed by atoms with Gasteiger partial charge in [0.1, 0.15) is 0 Å². The number of nitrogens with zero attached hydrogens (tertiary/aromatic N) is 3. The van der Waals surface area contributed by atoms with Crippen molar-refractivity contribution in [1.29, 1.82) is 0 Å². The lowest BCUT2D eigenvalue weighted by molar-refractivity contribution is 1.18. The molecule has 0 aliphatic heterocycles. The molecule has 0 saturated carbocycles. The van der Waals surface area contributed by atoms with Crippen LogP contribution in [0.1, 0.15) is 0 Å². The van der Waals surface area contributed by atoms with Crippen LogP contribution < -0.4 is 9.80 Å². The van der Waals surface area contributed by atoms with Crippen molar-refractivity contribution in [2.75, 3.05) is 9.80 Å². The van der Waals surface area contributed by atoms with Crippen LogP contribution in [0.5, 0.6) is 0 Å². The molecule has 0 spiro atoms. The molecule has 1 heterocycles. The minimum Gasteiger partial charge on any atom is -0.310 e. The van der Waals surface area contributed by atoms with Gasteiger partial charge in [0.05, 0.1) is 11.0 Å². The predicted molar refractivity (Wildman–Crippen MR) is 251 cm³/mol. The van der Waals surface area contributed by atoms with Crippen LogP contribution in [0.2, 0.25) is 0 Å². The van der Waals surface area contributed by atoms with E-state index in [0.717, 1.165) is 39.8 Å². The topological polar surface area (TPSA) is 11.4 Å². The molecule has 11 aromatic rings. The lowest BCUT2D eigenvalue weighted by Crippen LogP contribution is -2.13. The zero-order chi connectivity index (χ0) is 39.1. The Kier molecular flexibility index (Phi) is 8.49. The van der Waals surface area contributed by atoms with Crippen LogP contribution in [0.4, 0.5) is 34.1 Å². The van der Waals surface area contributed by atoms with Crippen LogP contribution in [0.3, 0.4) is 0 Å². The molecule has 0 aliphatic rings. The summed E-state index contributed by atoms with van der Waals surface area (Å²) in [5.74, 6) is 0. The second-order valence-electron chi connectivity index (χ2n) is 15.0. The molecule has 0 unspecified atom stereocenters. The van der Waals surface area contributed by atoms with Gasteiger partial charge in [-0.3, -0.25) is 0 Å². The number of para-hydroxylation sites is 4. The first-order valence-electron chi connectivity index (χ1n) is 20.2. The third-order valence-electron chi connectivity index (χ3n) is 11.5. The van der Waals surface area contributed by atoms with Crippen LogP contribution in [0, 0.1) is 0 Å². The molecule has 0 amide bonds. The molecule has 3 heteroatoms. The number of anilines is 6. The van der Waals surface area contributed by atoms with E-state index in [2.05, 4.69) is 251 Å². The van der Waals surface area contributed by atoms with Crippen molar-refractivity contribution in [2.24, 2.45) is 0 Å². The van der Waals surface area contributed by atoms with E-state index < -0.39 is 0 Å². The van der Waals surface area contributed by atoms with Crippen LogP contribution in [0.25, 0.3) is 60.2 Å². The fourth-order valence-electron chi connectivity index (χ4n) is 8.75. The third kappa shape index (κ3) is 6.17. The highest BCUT2D eigenvalue weighted by molar-refractivity contribution is 6.18. The van der Waals surface area contributed by atoms with Crippen molar-refractivity contribution in [2.45, 2.75) is 0 Å². The van der Waals surface area contributed by atoms with Crippen LogP contribution in [0.15, 0.2) is 237 Å². The van der Waals surface area contributed by atoms with E-state index >= 15 is 0 Å². The van der Waals surface area contributed by atoms with Crippen molar-refractivity contribution in [3.8, 4) is 16.8 Å². The second-order valence-corrected chi connectivity index (χ2v) is 15.0. The Morgan fingerprint density at radius 1 is 0.254 bits per heavy atom. The molecule has 0 bridgehead atoms. The summed E-state index contributed by atoms with van der Waals surface area (Å²) in [6.45, 7) is 0. The first-order valence-corrected chi connectivity index (χ1v) is 20.2. The Bertz CT molecular complexity index is 3210. The van der Waals surface area contributed by atoms with Crippen LogP contribution >= 0.6 is 0 Å². The predicted octanol–water partition coefficient (Wildman–Crippen LogP) is 15.7. The Balaban J connectivity index is 1.12. The highest BCUT2D eigenvalue weighted by Gasteiger charge is 2.19. The van der Waals surface area contributed by atoms with Crippen molar-refractivity contribution >= 4 is 77.5 Å². The summed E-state index contributed by atoms with van der Waals surface area (Å²) >= 11 is 0. The van der Waals surface area contributed by atoms with Crippen molar-refractivity contribution in [3.05, 3.63) is 237 Å². The van der Waals surface area contributed by atoms with Crippen molar-refractivity contribution < 1.29 is 0 Å². The molecule has 0 aliphatic carbocycles. The highest BCUT2D eigenvalue weighted by Crippen LogP contribution is 2.43. The van der Waals surface area contributed by atoms with Crippen molar-refractivity contribution in [3.63, 3.8) is 0 Å². The molecule has 0 fully saturated rings. The molecule has 0 radical (unpaired) electrons. The monoisotopic (exact) mass is 753 g/mol. The lowest BCUT2D eigenvalue weighted by atomic mass is 9.98. The van der Waals surface area contributed by atoms with Gasteiger partial charge in [0.15, 0.2) is 0 Å². The molecule has 3 nitrogen and oxygen atoms in total. The molecule has 10 aromatic carbocycles. The van der Waals surface area contributed by atoms with Gasteiger partial charge in [0, 0.05) is 50.6 Å². The first-order chi connectivity index (χ1) is 29.3. The number of hydrogen-bond donors (Lipinski definition) is 0. The first kappa shape index (κ1) is 34.4. The van der Waals surface area contributed by atoms with Gasteiger partial charge in [-0.15, -0.1) is 0 Å². The number of hydrogen-bond acceptors (Lipinski definition) is 2. The largest absolute Gasteiger partial charge is 0.310 e. The highest BCUT2D eigenvalue weighted by atomic mass is 15.2. The number of aromatic nitrogens is 1. The van der Waals surface area contributed by atoms with E-state index in [1.165, 1.54) is 54.5 Å². The normalized spacial score (nSPS) is 11.4. The van der Waals surface area contributed by atoms with E-state index in [1.807, 2.05) is 0 Å². The van der Waals surface area contributed by atoms with Gasteiger partial charge in [-0.05, 0) is 130 Å². The van der Waals surface area contributed by atoms with Crippen molar-refractivity contribution in [1.82, 2.24) is 4.57 Å². The van der Waals surface area contributed by atoms with Gasteiger partial charge in [-0.2, -0.15) is 0 Å². The zero-order valence-electron chi connectivity index (χ0n) is 32.4. The van der Waals surface area contributed by atoms with Gasteiger partial charge in [0.25, 0.3) is 0 Å². The molecule has 1 aromatic heterocycles. The maximum absolute atomic E-state index is 2.41. The van der Waals surface area contributed by atoms with Gasteiger partial charge in [0.2, 0.25) is 0 Å². The van der Waals surface area contributed by atoms with Gasteiger partial charge < -0.3 is 14.4 Å². The Hall–Kier alpha value is -7.88. The minimum atomic E-state index is 1.07. The molecule has 0 N–H and O–H groups in total. The van der Waals surface area contributed by atoms with Gasteiger partial charge in [-0.25, -0.2) is 0 Å². The van der Waals surface area contributed by atoms with E-state index in [0.29, 0.717) is 0 Å². The Morgan fingerprint density at radius 2 is 0.729 bits per heavy atom. The van der Waals surface area contributed by atoms with Crippen LogP contribution in [-0.4, -0.2) is 4.57 Å².